The molecule has 0 aliphatic rings. The normalized spacial score (nSPS) is 12.2. The minimum atomic E-state index is -0.619. The van der Waals surface area contributed by atoms with Gasteiger partial charge >= 0.3 is 0 Å². The van der Waals surface area contributed by atoms with E-state index >= 15 is 0 Å². The van der Waals surface area contributed by atoms with Gasteiger partial charge in [-0.05, 0) is 12.1 Å². The number of rotatable bonds is 13. The Morgan fingerprint density at radius 3 is 2.45 bits per heavy atom. The molecule has 0 amide bonds. The van der Waals surface area contributed by atoms with E-state index in [9.17, 15) is 5.11 Å². The maximum atomic E-state index is 10.4. The second kappa shape index (κ2) is 12.4. The van der Waals surface area contributed by atoms with Crippen molar-refractivity contribution in [2.75, 3.05) is 47.6 Å². The van der Waals surface area contributed by atoms with E-state index in [4.69, 9.17) is 24.0 Å². The van der Waals surface area contributed by atoms with Gasteiger partial charge in [0, 0.05) is 52.5 Å². The zero-order chi connectivity index (χ0) is 23.6. The van der Waals surface area contributed by atoms with Crippen LogP contribution in [0.4, 0.5) is 0 Å². The third-order valence-corrected chi connectivity index (χ3v) is 5.21. The molecule has 0 unspecified atom stereocenters. The highest BCUT2D eigenvalue weighted by atomic mass is 16.5. The summed E-state index contributed by atoms with van der Waals surface area (Å²) < 4.78 is 23.8. The third kappa shape index (κ3) is 6.79. The second-order valence-electron chi connectivity index (χ2n) is 7.74. The zero-order valence-electron chi connectivity index (χ0n) is 19.7. The molecule has 33 heavy (non-hydrogen) atoms. The maximum Gasteiger partial charge on any atom is 0.222 e. The molecule has 1 N–H and O–H groups in total. The lowest BCUT2D eigenvalue weighted by molar-refractivity contribution is 0.0292. The van der Waals surface area contributed by atoms with Gasteiger partial charge in [0.05, 0.1) is 32.0 Å². The van der Waals surface area contributed by atoms with Crippen molar-refractivity contribution < 1.29 is 24.1 Å². The van der Waals surface area contributed by atoms with Crippen molar-refractivity contribution in [3.63, 3.8) is 0 Å². The number of aromatic nitrogens is 2. The minimum Gasteiger partial charge on any atom is -0.497 e. The Labute approximate surface area is 195 Å². The summed E-state index contributed by atoms with van der Waals surface area (Å²) in [6.45, 7) is 2.38. The number of aliphatic hydroxyl groups excluding tert-OH is 1. The first-order chi connectivity index (χ1) is 16.0. The van der Waals surface area contributed by atoms with E-state index < -0.39 is 6.10 Å². The molecule has 0 bridgehead atoms. The molecule has 3 aromatic rings. The summed E-state index contributed by atoms with van der Waals surface area (Å²) in [7, 11) is 6.74. The number of benzene rings is 2. The number of nitrogens with zero attached hydrogens (tertiary/aromatic N) is 3. The van der Waals surface area contributed by atoms with E-state index in [0.717, 1.165) is 16.8 Å². The summed E-state index contributed by atoms with van der Waals surface area (Å²) >= 11 is 0. The van der Waals surface area contributed by atoms with E-state index in [1.54, 1.807) is 26.0 Å². The van der Waals surface area contributed by atoms with Crippen molar-refractivity contribution in [1.82, 2.24) is 14.7 Å². The molecule has 0 saturated heterocycles. The molecular weight excluding hydrogens is 422 g/mol. The number of methoxy groups -OCH3 is 3. The highest BCUT2D eigenvalue weighted by molar-refractivity contribution is 5.65. The smallest absolute Gasteiger partial charge is 0.222 e. The molecule has 0 spiro atoms. The topological polar surface area (TPSA) is 78.2 Å². The minimum absolute atomic E-state index is 0.259. The Bertz CT molecular complexity index is 993. The van der Waals surface area contributed by atoms with Gasteiger partial charge in [0.15, 0.2) is 0 Å². The number of hydrogen-bond acceptors (Lipinski definition) is 7. The lowest BCUT2D eigenvalue weighted by Gasteiger charge is -2.25. The third-order valence-electron chi connectivity index (χ3n) is 5.21. The van der Waals surface area contributed by atoms with Gasteiger partial charge in [-0.25, -0.2) is 4.68 Å². The number of hydrogen-bond donors (Lipinski definition) is 1. The van der Waals surface area contributed by atoms with Gasteiger partial charge in [0.2, 0.25) is 5.88 Å². The first kappa shape index (κ1) is 24.7. The Hall–Kier alpha value is -2.91. The van der Waals surface area contributed by atoms with Crippen molar-refractivity contribution in [2.24, 2.45) is 7.05 Å². The van der Waals surface area contributed by atoms with E-state index in [2.05, 4.69) is 4.90 Å². The predicted molar refractivity (Wildman–Crippen MR) is 127 cm³/mol. The number of aliphatic hydroxyl groups is 1. The quantitative estimate of drug-likeness (QED) is 0.423. The molecule has 1 aromatic heterocycles. The molecule has 8 heteroatoms. The molecule has 178 valence electrons. The summed E-state index contributed by atoms with van der Waals surface area (Å²) in [5.41, 5.74) is 2.75. The van der Waals surface area contributed by atoms with E-state index in [1.807, 2.05) is 61.6 Å². The van der Waals surface area contributed by atoms with Gasteiger partial charge in [-0.2, -0.15) is 5.10 Å². The number of ether oxygens (including phenoxy) is 4. The monoisotopic (exact) mass is 455 g/mol. The molecule has 8 nitrogen and oxygen atoms in total. The first-order valence-corrected chi connectivity index (χ1v) is 10.9. The Morgan fingerprint density at radius 2 is 1.76 bits per heavy atom. The largest absolute Gasteiger partial charge is 0.497 e. The van der Waals surface area contributed by atoms with Crippen LogP contribution in [0.5, 0.6) is 17.4 Å². The fourth-order valence-electron chi connectivity index (χ4n) is 3.65. The Balaban J connectivity index is 1.99. The second-order valence-corrected chi connectivity index (χ2v) is 7.74. The highest BCUT2D eigenvalue weighted by Gasteiger charge is 2.23. The standard InChI is InChI=1S/C25H33N3O5/c1-27-25(33-22-12-8-11-21(15-22)32-4)23(24(26-27)19-9-6-5-7-10-19)17-28(13-14-30-2)16-20(29)18-31-3/h5-12,15,20,29H,13-14,16-18H2,1-4H3/t20-/m1/s1. The van der Waals surface area contributed by atoms with Crippen LogP contribution in [0, 0.1) is 0 Å². The molecule has 0 aliphatic carbocycles. The molecule has 1 heterocycles. The van der Waals surface area contributed by atoms with Crippen LogP contribution in [0.25, 0.3) is 11.3 Å². The number of aryl methyl sites for hydroxylation is 1. The first-order valence-electron chi connectivity index (χ1n) is 10.9. The summed E-state index contributed by atoms with van der Waals surface area (Å²) in [4.78, 5) is 2.12. The van der Waals surface area contributed by atoms with Gasteiger partial charge in [-0.1, -0.05) is 36.4 Å². The lowest BCUT2D eigenvalue weighted by Crippen LogP contribution is -2.36. The summed E-state index contributed by atoms with van der Waals surface area (Å²) in [6, 6.07) is 17.5. The van der Waals surface area contributed by atoms with Gasteiger partial charge in [-0.3, -0.25) is 4.90 Å². The average molecular weight is 456 g/mol. The van der Waals surface area contributed by atoms with Crippen LogP contribution in [0.1, 0.15) is 5.56 Å². The Kier molecular flexibility index (Phi) is 9.26. The van der Waals surface area contributed by atoms with Crippen molar-refractivity contribution in [3.05, 3.63) is 60.2 Å². The van der Waals surface area contributed by atoms with Crippen LogP contribution >= 0.6 is 0 Å². The molecule has 0 aliphatic heterocycles. The molecule has 3 rings (SSSR count). The zero-order valence-corrected chi connectivity index (χ0v) is 19.7. The fourth-order valence-corrected chi connectivity index (χ4v) is 3.65. The Morgan fingerprint density at radius 1 is 1.00 bits per heavy atom. The lowest BCUT2D eigenvalue weighted by atomic mass is 10.1. The summed E-state index contributed by atoms with van der Waals surface area (Å²) in [5, 5.41) is 15.2. The molecular formula is C25H33N3O5. The van der Waals surface area contributed by atoms with Gasteiger partial charge in [0.1, 0.15) is 17.2 Å². The van der Waals surface area contributed by atoms with Crippen LogP contribution in [-0.2, 0) is 23.1 Å². The van der Waals surface area contributed by atoms with Crippen LogP contribution in [-0.4, -0.2) is 73.5 Å². The van der Waals surface area contributed by atoms with Crippen molar-refractivity contribution in [1.29, 1.82) is 0 Å². The molecule has 2 aromatic carbocycles. The molecule has 0 saturated carbocycles. The maximum absolute atomic E-state index is 10.4. The fraction of sp³-hybridized carbons (Fsp3) is 0.400. The predicted octanol–water partition coefficient (Wildman–Crippen LogP) is 3.34. The average Bonchev–Trinajstić information content (AvgIpc) is 3.13. The SMILES string of the molecule is COCCN(Cc1c(-c2ccccc2)nn(C)c1Oc1cccc(OC)c1)C[C@@H](O)COC. The van der Waals surface area contributed by atoms with E-state index in [-0.39, 0.29) is 6.61 Å². The molecule has 0 fully saturated rings. The van der Waals surface area contributed by atoms with Crippen molar-refractivity contribution >= 4 is 0 Å². The molecule has 1 atom stereocenters. The van der Waals surface area contributed by atoms with Crippen molar-refractivity contribution in [2.45, 2.75) is 12.6 Å². The summed E-state index contributed by atoms with van der Waals surface area (Å²) in [5.74, 6) is 2.00. The summed E-state index contributed by atoms with van der Waals surface area (Å²) in [6.07, 6.45) is -0.619. The van der Waals surface area contributed by atoms with Crippen LogP contribution < -0.4 is 9.47 Å². The van der Waals surface area contributed by atoms with Gasteiger partial charge < -0.3 is 24.1 Å². The van der Waals surface area contributed by atoms with E-state index in [1.165, 1.54) is 0 Å². The van der Waals surface area contributed by atoms with Crippen LogP contribution in [0.2, 0.25) is 0 Å². The van der Waals surface area contributed by atoms with Gasteiger partial charge in [-0.15, -0.1) is 0 Å². The highest BCUT2D eigenvalue weighted by Crippen LogP contribution is 2.35. The van der Waals surface area contributed by atoms with E-state index in [0.29, 0.717) is 43.6 Å². The van der Waals surface area contributed by atoms with Crippen LogP contribution in [0.3, 0.4) is 0 Å². The van der Waals surface area contributed by atoms with Gasteiger partial charge in [0.25, 0.3) is 0 Å². The van der Waals surface area contributed by atoms with Crippen LogP contribution in [0.15, 0.2) is 54.6 Å². The molecule has 0 radical (unpaired) electrons. The van der Waals surface area contributed by atoms with Crippen molar-refractivity contribution in [3.8, 4) is 28.6 Å².